The Hall–Kier alpha value is -2.42. The van der Waals surface area contributed by atoms with Crippen LogP contribution in [0, 0.1) is 11.3 Å². The van der Waals surface area contributed by atoms with Crippen LogP contribution >= 0.6 is 8.53 Å². The number of fused-ring (bicyclic) bond motifs is 3. The highest BCUT2D eigenvalue weighted by Crippen LogP contribution is 2.54. The quantitative estimate of drug-likeness (QED) is 0.255. The van der Waals surface area contributed by atoms with E-state index in [2.05, 4.69) is 31.8 Å². The molecule has 4 heterocycles. The number of aromatic nitrogens is 2. The zero-order chi connectivity index (χ0) is 22.7. The minimum absolute atomic E-state index is 0.234. The van der Waals surface area contributed by atoms with Gasteiger partial charge in [0, 0.05) is 14.1 Å². The van der Waals surface area contributed by atoms with Gasteiger partial charge in [-0.3, -0.25) is 4.57 Å². The van der Waals surface area contributed by atoms with Crippen LogP contribution in [0.3, 0.4) is 0 Å². The van der Waals surface area contributed by atoms with Gasteiger partial charge in [0.2, 0.25) is 5.96 Å². The molecule has 2 bridgehead atoms. The van der Waals surface area contributed by atoms with Gasteiger partial charge in [0.05, 0.1) is 44.9 Å². The largest absolute Gasteiger partial charge is 0.369 e. The van der Waals surface area contributed by atoms with E-state index in [0.717, 1.165) is 11.5 Å². The van der Waals surface area contributed by atoms with Crippen LogP contribution in [0.5, 0.6) is 0 Å². The number of guanidine groups is 1. The van der Waals surface area contributed by atoms with Crippen LogP contribution in [-0.2, 0) is 25.1 Å². The number of anilines is 1. The first-order chi connectivity index (χ1) is 15.5. The van der Waals surface area contributed by atoms with Gasteiger partial charge in [0.1, 0.15) is 29.3 Å². The van der Waals surface area contributed by atoms with E-state index in [0.29, 0.717) is 25.5 Å². The summed E-state index contributed by atoms with van der Waals surface area (Å²) in [5, 5.41) is 12.0. The van der Waals surface area contributed by atoms with Crippen molar-refractivity contribution >= 4 is 33.4 Å². The fraction of sp³-hybridized carbons (Fsp3) is 0.632. The van der Waals surface area contributed by atoms with Crippen LogP contribution in [0.25, 0.3) is 0 Å². The molecule has 1 aromatic heterocycles. The highest BCUT2D eigenvalue weighted by molar-refractivity contribution is 7.45. The van der Waals surface area contributed by atoms with Gasteiger partial charge in [-0.05, 0) is 13.1 Å². The van der Waals surface area contributed by atoms with Crippen molar-refractivity contribution in [2.24, 2.45) is 14.7 Å². The summed E-state index contributed by atoms with van der Waals surface area (Å²) < 4.78 is 30.3. The molecule has 2 unspecified atom stereocenters. The Labute approximate surface area is 187 Å². The van der Waals surface area contributed by atoms with Crippen LogP contribution < -0.4 is 5.32 Å². The SMILES string of the molecule is C=NP(OCCC#N)O[C@@H]1C2OC[C@]1(CC)O[C@H]2n1cnc2c1NC(N=CN(C)C)=NC2. The molecular weight excluding hydrogens is 435 g/mol. The van der Waals surface area contributed by atoms with Gasteiger partial charge in [0.25, 0.3) is 0 Å². The number of hydrogen-bond acceptors (Lipinski definition) is 10. The predicted molar refractivity (Wildman–Crippen MR) is 120 cm³/mol. The second-order valence-electron chi connectivity index (χ2n) is 7.77. The van der Waals surface area contributed by atoms with Crippen molar-refractivity contribution in [3.63, 3.8) is 0 Å². The first kappa shape index (κ1) is 22.8. The Morgan fingerprint density at radius 2 is 2.41 bits per heavy atom. The molecule has 0 radical (unpaired) electrons. The molecule has 12 nitrogen and oxygen atoms in total. The van der Waals surface area contributed by atoms with Gasteiger partial charge in [-0.1, -0.05) is 6.92 Å². The summed E-state index contributed by atoms with van der Waals surface area (Å²) in [7, 11) is 2.17. The average Bonchev–Trinajstić information content (AvgIpc) is 3.46. The van der Waals surface area contributed by atoms with Crippen molar-refractivity contribution in [3.05, 3.63) is 12.0 Å². The number of hydrogen-bond donors (Lipinski definition) is 1. The van der Waals surface area contributed by atoms with Crippen molar-refractivity contribution in [1.82, 2.24) is 14.5 Å². The number of nitriles is 1. The fourth-order valence-electron chi connectivity index (χ4n) is 3.86. The van der Waals surface area contributed by atoms with E-state index in [9.17, 15) is 0 Å². The number of imidazole rings is 1. The smallest absolute Gasteiger partial charge is 0.310 e. The number of rotatable bonds is 9. The van der Waals surface area contributed by atoms with Gasteiger partial charge in [-0.15, -0.1) is 0 Å². The lowest BCUT2D eigenvalue weighted by atomic mass is 9.96. The number of aliphatic imine (C=N–C) groups is 2. The molecule has 0 spiro atoms. The van der Waals surface area contributed by atoms with Crippen molar-refractivity contribution in [1.29, 1.82) is 5.26 Å². The van der Waals surface area contributed by atoms with Crippen molar-refractivity contribution in [2.75, 3.05) is 32.6 Å². The van der Waals surface area contributed by atoms with Gasteiger partial charge >= 0.3 is 8.53 Å². The highest BCUT2D eigenvalue weighted by Gasteiger charge is 2.63. The van der Waals surface area contributed by atoms with Crippen LogP contribution in [0.2, 0.25) is 0 Å². The molecule has 3 aliphatic rings. The minimum atomic E-state index is -1.62. The predicted octanol–water partition coefficient (Wildman–Crippen LogP) is 2.07. The monoisotopic (exact) mass is 462 g/mol. The molecule has 0 amide bonds. The lowest BCUT2D eigenvalue weighted by Crippen LogP contribution is -2.40. The van der Waals surface area contributed by atoms with Gasteiger partial charge in [-0.2, -0.15) is 5.26 Å². The first-order valence-corrected chi connectivity index (χ1v) is 11.4. The highest BCUT2D eigenvalue weighted by atomic mass is 31.2. The summed E-state index contributed by atoms with van der Waals surface area (Å²) >= 11 is 0. The van der Waals surface area contributed by atoms with Crippen molar-refractivity contribution in [2.45, 2.75) is 50.3 Å². The molecule has 5 atom stereocenters. The third kappa shape index (κ3) is 4.27. The molecule has 2 saturated heterocycles. The molecule has 172 valence electrons. The zero-order valence-electron chi connectivity index (χ0n) is 18.3. The van der Waals surface area contributed by atoms with Crippen LogP contribution in [0.15, 0.2) is 21.1 Å². The summed E-state index contributed by atoms with van der Waals surface area (Å²) in [6.07, 6.45) is 3.13. The second kappa shape index (κ2) is 9.60. The third-order valence-electron chi connectivity index (χ3n) is 5.47. The van der Waals surface area contributed by atoms with Crippen molar-refractivity contribution < 1.29 is 18.5 Å². The zero-order valence-corrected chi connectivity index (χ0v) is 19.2. The van der Waals surface area contributed by atoms with E-state index >= 15 is 0 Å². The summed E-state index contributed by atoms with van der Waals surface area (Å²) in [6.45, 7) is 6.68. The van der Waals surface area contributed by atoms with Gasteiger partial charge in [-0.25, -0.2) is 19.7 Å². The lowest BCUT2D eigenvalue weighted by Gasteiger charge is -2.31. The summed E-state index contributed by atoms with van der Waals surface area (Å²) in [5.74, 6) is 1.27. The fourth-order valence-corrected chi connectivity index (χ4v) is 4.82. The molecule has 0 saturated carbocycles. The van der Waals surface area contributed by atoms with Gasteiger partial charge < -0.3 is 28.7 Å². The molecular formula is C19H27N8O4P. The van der Waals surface area contributed by atoms with Gasteiger partial charge in [0.15, 0.2) is 6.23 Å². The van der Waals surface area contributed by atoms with E-state index in [4.69, 9.17) is 23.8 Å². The standard InChI is InChI=1S/C19H27N8O4P/c1-5-19-10-28-14(15(19)31-32(21-2)29-8-6-7-20)17(30-19)27-12-23-13-9-22-18(25-16(13)27)24-11-26(3)4/h11-12,14-15,17H,2,5-6,8-10H2,1,3-4H3,(H,22,25)/t14?,15-,17-,19+,32?/m1/s1. The minimum Gasteiger partial charge on any atom is -0.369 e. The average molecular weight is 462 g/mol. The van der Waals surface area contributed by atoms with Crippen LogP contribution in [0.4, 0.5) is 5.82 Å². The Kier molecular flexibility index (Phi) is 6.83. The Morgan fingerprint density at radius 1 is 1.56 bits per heavy atom. The number of nitrogens with one attached hydrogen (secondary N) is 1. The van der Waals surface area contributed by atoms with E-state index in [1.165, 1.54) is 0 Å². The second-order valence-corrected chi connectivity index (χ2v) is 9.00. The first-order valence-electron chi connectivity index (χ1n) is 10.3. The summed E-state index contributed by atoms with van der Waals surface area (Å²) in [5.41, 5.74) is 0.170. The third-order valence-corrected chi connectivity index (χ3v) is 6.51. The number of nitrogens with zero attached hydrogens (tertiary/aromatic N) is 7. The summed E-state index contributed by atoms with van der Waals surface area (Å²) in [4.78, 5) is 15.1. The Morgan fingerprint density at radius 3 is 3.12 bits per heavy atom. The molecule has 1 N–H and O–H groups in total. The molecule has 0 aromatic carbocycles. The molecule has 32 heavy (non-hydrogen) atoms. The number of ether oxygens (including phenoxy) is 2. The molecule has 2 fully saturated rings. The topological polar surface area (TPSA) is 131 Å². The van der Waals surface area contributed by atoms with Crippen LogP contribution in [-0.4, -0.2) is 78.6 Å². The molecule has 4 rings (SSSR count). The lowest BCUT2D eigenvalue weighted by molar-refractivity contribution is -0.173. The molecule has 3 aliphatic heterocycles. The van der Waals surface area contributed by atoms with E-state index in [1.807, 2.05) is 36.6 Å². The molecule has 13 heteroatoms. The normalized spacial score (nSPS) is 29.3. The Bertz CT molecular complexity index is 944. The molecule has 0 aliphatic carbocycles. The maximum Gasteiger partial charge on any atom is 0.310 e. The summed E-state index contributed by atoms with van der Waals surface area (Å²) in [6, 6.07) is 2.04. The van der Waals surface area contributed by atoms with E-state index in [-0.39, 0.29) is 19.1 Å². The Balaban J connectivity index is 1.53. The maximum atomic E-state index is 8.74. The van der Waals surface area contributed by atoms with E-state index in [1.54, 1.807) is 12.7 Å². The molecule has 1 aromatic rings. The maximum absolute atomic E-state index is 8.74. The van der Waals surface area contributed by atoms with Crippen LogP contribution in [0.1, 0.15) is 31.7 Å². The van der Waals surface area contributed by atoms with E-state index < -0.39 is 26.5 Å². The van der Waals surface area contributed by atoms with Crippen molar-refractivity contribution in [3.8, 4) is 6.07 Å².